The van der Waals surface area contributed by atoms with Gasteiger partial charge in [0, 0.05) is 43.9 Å². The Morgan fingerprint density at radius 1 is 1.00 bits per heavy atom. The molecule has 0 aromatic heterocycles. The summed E-state index contributed by atoms with van der Waals surface area (Å²) in [6.45, 7) is 3.23. The molecule has 32 heavy (non-hydrogen) atoms. The first-order valence-electron chi connectivity index (χ1n) is 10.4. The molecule has 0 saturated carbocycles. The molecule has 0 radical (unpaired) electrons. The van der Waals surface area contributed by atoms with Gasteiger partial charge in [-0.1, -0.05) is 42.5 Å². The lowest BCUT2D eigenvalue weighted by atomic mass is 10.1. The summed E-state index contributed by atoms with van der Waals surface area (Å²) < 4.78 is 43.1. The van der Waals surface area contributed by atoms with Crippen molar-refractivity contribution >= 4 is 17.6 Å². The van der Waals surface area contributed by atoms with Crippen molar-refractivity contribution < 1.29 is 22.7 Å². The maximum absolute atomic E-state index is 13.0. The lowest BCUT2D eigenvalue weighted by Crippen LogP contribution is -2.49. The van der Waals surface area contributed by atoms with Crippen LogP contribution in [0.1, 0.15) is 21.5 Å². The van der Waals surface area contributed by atoms with E-state index in [4.69, 9.17) is 0 Å². The molecule has 0 unspecified atom stereocenters. The second-order valence-corrected chi connectivity index (χ2v) is 7.62. The van der Waals surface area contributed by atoms with Gasteiger partial charge in [0.1, 0.15) is 0 Å². The molecular formula is C23H23F3N4O2. The van der Waals surface area contributed by atoms with E-state index in [0.29, 0.717) is 24.2 Å². The number of carbonyl (C=O) groups is 1. The van der Waals surface area contributed by atoms with Gasteiger partial charge in [0.2, 0.25) is 0 Å². The Labute approximate surface area is 184 Å². The highest BCUT2D eigenvalue weighted by molar-refractivity contribution is 6.08. The van der Waals surface area contributed by atoms with Crippen molar-refractivity contribution in [1.29, 1.82) is 0 Å². The maximum Gasteiger partial charge on any atom is 0.468 e. The van der Waals surface area contributed by atoms with Gasteiger partial charge in [-0.25, -0.2) is 4.99 Å². The predicted octanol–water partition coefficient (Wildman–Crippen LogP) is 3.38. The zero-order valence-electron chi connectivity index (χ0n) is 17.4. The third kappa shape index (κ3) is 5.34. The lowest BCUT2D eigenvalue weighted by Gasteiger charge is -2.34. The quantitative estimate of drug-likeness (QED) is 0.711. The second-order valence-electron chi connectivity index (χ2n) is 7.62. The number of carbonyl (C=O) groups excluding carboxylic acids is 1. The van der Waals surface area contributed by atoms with Crippen molar-refractivity contribution in [3.05, 3.63) is 71.3 Å². The summed E-state index contributed by atoms with van der Waals surface area (Å²) in [5.41, 5.74) is 2.04. The number of hydrogen-bond donors (Lipinski definition) is 0. The molecule has 0 aliphatic carbocycles. The van der Waals surface area contributed by atoms with Crippen LogP contribution < -0.4 is 0 Å². The summed E-state index contributed by atoms with van der Waals surface area (Å²) in [6, 6.07) is 16.7. The third-order valence-corrected chi connectivity index (χ3v) is 5.45. The molecule has 0 spiro atoms. The highest BCUT2D eigenvalue weighted by Gasteiger charge is 2.40. The third-order valence-electron chi connectivity index (χ3n) is 5.45. The van der Waals surface area contributed by atoms with E-state index in [0.717, 1.165) is 26.1 Å². The van der Waals surface area contributed by atoms with Gasteiger partial charge >= 0.3 is 12.1 Å². The van der Waals surface area contributed by atoms with Crippen LogP contribution in [-0.4, -0.2) is 73.1 Å². The average molecular weight is 444 g/mol. The molecule has 0 N–H and O–H groups in total. The molecule has 168 valence electrons. The Hall–Kier alpha value is -3.20. The van der Waals surface area contributed by atoms with Gasteiger partial charge in [-0.2, -0.15) is 18.2 Å². The molecule has 2 aliphatic rings. The van der Waals surface area contributed by atoms with Crippen LogP contribution >= 0.6 is 0 Å². The first-order chi connectivity index (χ1) is 15.4. The molecule has 2 aromatic carbocycles. The predicted molar refractivity (Wildman–Crippen MR) is 115 cm³/mol. The summed E-state index contributed by atoms with van der Waals surface area (Å²) in [6.07, 6.45) is -3.72. The Balaban J connectivity index is 1.36. The fourth-order valence-electron chi connectivity index (χ4n) is 3.70. The van der Waals surface area contributed by atoms with Crippen LogP contribution in [0, 0.1) is 0 Å². The van der Waals surface area contributed by atoms with E-state index < -0.39 is 18.8 Å². The van der Waals surface area contributed by atoms with E-state index in [1.54, 1.807) is 23.1 Å². The van der Waals surface area contributed by atoms with Gasteiger partial charge in [0.25, 0.3) is 5.91 Å². The highest BCUT2D eigenvalue weighted by atomic mass is 19.4. The van der Waals surface area contributed by atoms with Crippen LogP contribution in [0.4, 0.5) is 13.2 Å². The van der Waals surface area contributed by atoms with Gasteiger partial charge in [0.15, 0.2) is 12.6 Å². The van der Waals surface area contributed by atoms with Crippen LogP contribution in [0.5, 0.6) is 0 Å². The largest absolute Gasteiger partial charge is 0.468 e. The van der Waals surface area contributed by atoms with E-state index >= 15 is 0 Å². The van der Waals surface area contributed by atoms with E-state index in [-0.39, 0.29) is 11.7 Å². The SMILES string of the molecule is O=C(c1cccc(C2=NCOC(C(F)(F)F)=N2)c1)N1CCN(CCc2ccccc2)CC1. The smallest absolute Gasteiger partial charge is 0.451 e. The molecule has 1 saturated heterocycles. The van der Waals surface area contributed by atoms with Crippen LogP contribution in [0.15, 0.2) is 64.6 Å². The molecule has 4 rings (SSSR count). The minimum absolute atomic E-state index is 0.0936. The van der Waals surface area contributed by atoms with Crippen LogP contribution in [0.2, 0.25) is 0 Å². The van der Waals surface area contributed by atoms with E-state index in [1.807, 2.05) is 18.2 Å². The van der Waals surface area contributed by atoms with Crippen molar-refractivity contribution in [2.75, 3.05) is 39.5 Å². The van der Waals surface area contributed by atoms with Crippen LogP contribution in [0.25, 0.3) is 0 Å². The first-order valence-corrected chi connectivity index (χ1v) is 10.4. The molecule has 9 heteroatoms. The summed E-state index contributed by atoms with van der Waals surface area (Å²) in [5, 5.41) is 0. The van der Waals surface area contributed by atoms with Gasteiger partial charge in [-0.05, 0) is 24.1 Å². The van der Waals surface area contributed by atoms with Gasteiger partial charge in [0.05, 0.1) is 0 Å². The second kappa shape index (κ2) is 9.52. The van der Waals surface area contributed by atoms with Crippen LogP contribution in [0.3, 0.4) is 0 Å². The molecule has 1 fully saturated rings. The number of amidine groups is 1. The molecule has 0 atom stereocenters. The normalized spacial score (nSPS) is 17.4. The number of nitrogens with zero attached hydrogens (tertiary/aromatic N) is 4. The van der Waals surface area contributed by atoms with E-state index in [9.17, 15) is 18.0 Å². The van der Waals surface area contributed by atoms with E-state index in [1.165, 1.54) is 11.6 Å². The Kier molecular flexibility index (Phi) is 6.55. The molecule has 2 heterocycles. The summed E-state index contributed by atoms with van der Waals surface area (Å²) in [5.74, 6) is -1.57. The number of benzene rings is 2. The molecule has 2 aromatic rings. The van der Waals surface area contributed by atoms with Crippen molar-refractivity contribution in [3.8, 4) is 0 Å². The van der Waals surface area contributed by atoms with Crippen molar-refractivity contribution in [2.24, 2.45) is 9.98 Å². The van der Waals surface area contributed by atoms with E-state index in [2.05, 4.69) is 31.8 Å². The zero-order chi connectivity index (χ0) is 22.6. The number of ether oxygens (including phenoxy) is 1. The molecule has 2 aliphatic heterocycles. The highest BCUT2D eigenvalue weighted by Crippen LogP contribution is 2.22. The lowest BCUT2D eigenvalue weighted by molar-refractivity contribution is -0.0782. The summed E-state index contributed by atoms with van der Waals surface area (Å²) in [4.78, 5) is 24.5. The van der Waals surface area contributed by atoms with Gasteiger partial charge < -0.3 is 9.64 Å². The number of halogens is 3. The number of amides is 1. The molecular weight excluding hydrogens is 421 g/mol. The standard InChI is InChI=1S/C23H23F3N4O2/c24-23(25,26)22-28-20(27-16-32-22)18-7-4-8-19(15-18)21(31)30-13-11-29(12-14-30)10-9-17-5-2-1-3-6-17/h1-8,15H,9-14,16H2. The van der Waals surface area contributed by atoms with Crippen molar-refractivity contribution in [2.45, 2.75) is 12.6 Å². The number of hydrogen-bond acceptors (Lipinski definition) is 5. The Morgan fingerprint density at radius 3 is 2.47 bits per heavy atom. The maximum atomic E-state index is 13.0. The van der Waals surface area contributed by atoms with Crippen molar-refractivity contribution in [3.63, 3.8) is 0 Å². The zero-order valence-corrected chi connectivity index (χ0v) is 17.4. The number of piperazine rings is 1. The monoisotopic (exact) mass is 444 g/mol. The Morgan fingerprint density at radius 2 is 1.75 bits per heavy atom. The molecule has 1 amide bonds. The minimum Gasteiger partial charge on any atom is -0.451 e. The fraction of sp³-hybridized carbons (Fsp3) is 0.348. The van der Waals surface area contributed by atoms with Crippen LogP contribution in [-0.2, 0) is 11.2 Å². The van der Waals surface area contributed by atoms with Crippen molar-refractivity contribution in [1.82, 2.24) is 9.80 Å². The summed E-state index contributed by atoms with van der Waals surface area (Å²) in [7, 11) is 0. The van der Waals surface area contributed by atoms with Gasteiger partial charge in [-0.3, -0.25) is 9.69 Å². The minimum atomic E-state index is -4.69. The topological polar surface area (TPSA) is 57.5 Å². The Bertz CT molecular complexity index is 1010. The first kappa shape index (κ1) is 22.0. The number of aliphatic imine (C=N–C) groups is 2. The molecule has 0 bridgehead atoms. The number of alkyl halides is 3. The fourth-order valence-corrected chi connectivity index (χ4v) is 3.70. The number of rotatable bonds is 5. The van der Waals surface area contributed by atoms with Gasteiger partial charge in [-0.15, -0.1) is 0 Å². The molecule has 6 nitrogen and oxygen atoms in total. The average Bonchev–Trinajstić information content (AvgIpc) is 2.83. The summed E-state index contributed by atoms with van der Waals surface area (Å²) >= 11 is 0.